The highest BCUT2D eigenvalue weighted by molar-refractivity contribution is 6.26. The van der Waals surface area contributed by atoms with Gasteiger partial charge in [0.15, 0.2) is 5.82 Å². The summed E-state index contributed by atoms with van der Waals surface area (Å²) in [6.07, 6.45) is 0. The van der Waals surface area contributed by atoms with E-state index in [1.54, 1.807) is 0 Å². The van der Waals surface area contributed by atoms with Gasteiger partial charge in [0, 0.05) is 22.3 Å². The Labute approximate surface area is 243 Å². The molecule has 9 rings (SSSR count). The average molecular weight is 533 g/mol. The summed E-state index contributed by atoms with van der Waals surface area (Å²) in [4.78, 5) is 10.5. The maximum absolute atomic E-state index is 5.35. The molecule has 7 aromatic carbocycles. The molecule has 0 aliphatic heterocycles. The third-order valence-corrected chi connectivity index (χ3v) is 8.58. The van der Waals surface area contributed by atoms with Gasteiger partial charge in [-0.1, -0.05) is 133 Å². The van der Waals surface area contributed by atoms with Gasteiger partial charge < -0.3 is 0 Å². The topological polar surface area (TPSA) is 25.8 Å². The molecule has 0 saturated heterocycles. The van der Waals surface area contributed by atoms with Crippen molar-refractivity contribution >= 4 is 32.3 Å². The summed E-state index contributed by atoms with van der Waals surface area (Å²) in [5.74, 6) is 0.728. The van der Waals surface area contributed by atoms with Crippen molar-refractivity contribution in [1.82, 2.24) is 9.97 Å². The Morgan fingerprint density at radius 2 is 1.00 bits per heavy atom. The number of fused-ring (bicyclic) bond motifs is 6. The van der Waals surface area contributed by atoms with Crippen molar-refractivity contribution in [3.63, 3.8) is 0 Å². The van der Waals surface area contributed by atoms with E-state index in [-0.39, 0.29) is 0 Å². The Morgan fingerprint density at radius 1 is 0.357 bits per heavy atom. The maximum atomic E-state index is 5.35. The fourth-order valence-electron chi connectivity index (χ4n) is 6.75. The Bertz CT molecular complexity index is 2270. The molecular formula is C40H24N2. The molecule has 0 spiro atoms. The molecule has 1 heterocycles. The van der Waals surface area contributed by atoms with Crippen LogP contribution in [0, 0.1) is 0 Å². The summed E-state index contributed by atoms with van der Waals surface area (Å²) < 4.78 is 0. The average Bonchev–Trinajstić information content (AvgIpc) is 3.39. The molecule has 0 amide bonds. The minimum absolute atomic E-state index is 0.728. The number of hydrogen-bond donors (Lipinski definition) is 0. The first kappa shape index (κ1) is 23.1. The smallest absolute Gasteiger partial charge is 0.160 e. The van der Waals surface area contributed by atoms with Crippen LogP contribution in [0.3, 0.4) is 0 Å². The van der Waals surface area contributed by atoms with Crippen LogP contribution in [0.2, 0.25) is 0 Å². The van der Waals surface area contributed by atoms with Gasteiger partial charge >= 0.3 is 0 Å². The van der Waals surface area contributed by atoms with Gasteiger partial charge in [0.25, 0.3) is 0 Å². The highest BCUT2D eigenvalue weighted by atomic mass is 14.9. The van der Waals surface area contributed by atoms with Crippen LogP contribution in [-0.2, 0) is 0 Å². The quantitative estimate of drug-likeness (QED) is 0.212. The lowest BCUT2D eigenvalue weighted by atomic mass is 9.87. The van der Waals surface area contributed by atoms with Gasteiger partial charge in [-0.2, -0.15) is 0 Å². The fourth-order valence-corrected chi connectivity index (χ4v) is 6.75. The molecule has 42 heavy (non-hydrogen) atoms. The molecule has 0 atom stereocenters. The predicted octanol–water partition coefficient (Wildman–Crippen LogP) is 10.6. The standard InChI is InChI=1S/C40H24N2/c1-3-12-26(13-4-1)34-24-35(42-40(41-34)28-14-5-2-6-15-28)39-37-29(22-21-25-11-7-8-18-30(25)37)23-33-31-19-9-16-27-17-10-20-32(36(27)31)38(33)39/h1-24H. The molecule has 0 fully saturated rings. The van der Waals surface area contributed by atoms with Gasteiger partial charge in [-0.05, 0) is 61.1 Å². The van der Waals surface area contributed by atoms with Crippen molar-refractivity contribution in [3.8, 4) is 56.2 Å². The minimum Gasteiger partial charge on any atom is -0.228 e. The number of hydrogen-bond acceptors (Lipinski definition) is 2. The molecule has 2 nitrogen and oxygen atoms in total. The van der Waals surface area contributed by atoms with Gasteiger partial charge in [0.05, 0.1) is 11.4 Å². The summed E-state index contributed by atoms with van der Waals surface area (Å²) in [5, 5.41) is 7.48. The van der Waals surface area contributed by atoms with E-state index in [2.05, 4.69) is 121 Å². The monoisotopic (exact) mass is 532 g/mol. The van der Waals surface area contributed by atoms with E-state index in [4.69, 9.17) is 9.97 Å². The molecular weight excluding hydrogens is 508 g/mol. The lowest BCUT2D eigenvalue weighted by Crippen LogP contribution is -1.98. The van der Waals surface area contributed by atoms with Crippen molar-refractivity contribution in [2.24, 2.45) is 0 Å². The van der Waals surface area contributed by atoms with Crippen LogP contribution < -0.4 is 0 Å². The van der Waals surface area contributed by atoms with E-state index < -0.39 is 0 Å². The van der Waals surface area contributed by atoms with Crippen molar-refractivity contribution in [2.75, 3.05) is 0 Å². The molecule has 0 unspecified atom stereocenters. The van der Waals surface area contributed by atoms with Crippen molar-refractivity contribution in [3.05, 3.63) is 146 Å². The Balaban J connectivity index is 1.47. The van der Waals surface area contributed by atoms with Crippen LogP contribution in [-0.4, -0.2) is 9.97 Å². The second-order valence-corrected chi connectivity index (χ2v) is 11.0. The van der Waals surface area contributed by atoms with E-state index >= 15 is 0 Å². The largest absolute Gasteiger partial charge is 0.228 e. The van der Waals surface area contributed by atoms with Crippen LogP contribution in [0.25, 0.3) is 88.5 Å². The lowest BCUT2D eigenvalue weighted by Gasteiger charge is -2.18. The number of aromatic nitrogens is 2. The van der Waals surface area contributed by atoms with E-state index in [0.29, 0.717) is 0 Å². The third kappa shape index (κ3) is 3.39. The summed E-state index contributed by atoms with van der Waals surface area (Å²) in [6, 6.07) is 51.8. The summed E-state index contributed by atoms with van der Waals surface area (Å²) in [5.41, 5.74) is 10.2. The Morgan fingerprint density at radius 3 is 1.81 bits per heavy atom. The molecule has 1 aromatic heterocycles. The third-order valence-electron chi connectivity index (χ3n) is 8.58. The zero-order valence-corrected chi connectivity index (χ0v) is 22.8. The van der Waals surface area contributed by atoms with E-state index in [1.807, 2.05) is 24.3 Å². The Kier molecular flexibility index (Phi) is 4.93. The SMILES string of the molecule is c1ccc(-c2cc(-c3c4c(cc5ccc6ccccc6c35)-c3cccc5cccc-4c35)nc(-c3ccccc3)n2)cc1. The van der Waals surface area contributed by atoms with Crippen LogP contribution in [0.1, 0.15) is 0 Å². The van der Waals surface area contributed by atoms with Gasteiger partial charge in [-0.15, -0.1) is 0 Å². The second-order valence-electron chi connectivity index (χ2n) is 11.0. The summed E-state index contributed by atoms with van der Waals surface area (Å²) in [7, 11) is 0. The first-order chi connectivity index (χ1) is 20.8. The normalized spacial score (nSPS) is 11.8. The zero-order chi connectivity index (χ0) is 27.6. The highest BCUT2D eigenvalue weighted by Crippen LogP contribution is 2.54. The lowest BCUT2D eigenvalue weighted by molar-refractivity contribution is 1.19. The zero-order valence-electron chi connectivity index (χ0n) is 22.8. The first-order valence-electron chi connectivity index (χ1n) is 14.3. The van der Waals surface area contributed by atoms with Crippen LogP contribution in [0.5, 0.6) is 0 Å². The number of nitrogens with zero attached hydrogens (tertiary/aromatic N) is 2. The molecule has 0 bridgehead atoms. The molecule has 2 heteroatoms. The molecule has 8 aromatic rings. The van der Waals surface area contributed by atoms with Crippen LogP contribution >= 0.6 is 0 Å². The van der Waals surface area contributed by atoms with E-state index in [0.717, 1.165) is 28.3 Å². The molecule has 0 saturated carbocycles. The van der Waals surface area contributed by atoms with Gasteiger partial charge in [0.1, 0.15) is 0 Å². The number of rotatable bonds is 3. The summed E-state index contributed by atoms with van der Waals surface area (Å²) >= 11 is 0. The van der Waals surface area contributed by atoms with Gasteiger partial charge in [-0.25, -0.2) is 9.97 Å². The van der Waals surface area contributed by atoms with Crippen LogP contribution in [0.4, 0.5) is 0 Å². The molecule has 0 N–H and O–H groups in total. The highest BCUT2D eigenvalue weighted by Gasteiger charge is 2.28. The van der Waals surface area contributed by atoms with Crippen molar-refractivity contribution < 1.29 is 0 Å². The molecule has 194 valence electrons. The minimum atomic E-state index is 0.728. The molecule has 1 aliphatic carbocycles. The Hall–Kier alpha value is -5.60. The maximum Gasteiger partial charge on any atom is 0.160 e. The summed E-state index contributed by atoms with van der Waals surface area (Å²) in [6.45, 7) is 0. The first-order valence-corrected chi connectivity index (χ1v) is 14.3. The molecule has 1 aliphatic rings. The van der Waals surface area contributed by atoms with Gasteiger partial charge in [-0.3, -0.25) is 0 Å². The molecule has 0 radical (unpaired) electrons. The van der Waals surface area contributed by atoms with Crippen LogP contribution in [0.15, 0.2) is 146 Å². The fraction of sp³-hybridized carbons (Fsp3) is 0. The number of benzene rings is 7. The van der Waals surface area contributed by atoms with Gasteiger partial charge in [0.2, 0.25) is 0 Å². The van der Waals surface area contributed by atoms with Crippen molar-refractivity contribution in [1.29, 1.82) is 0 Å². The van der Waals surface area contributed by atoms with Crippen molar-refractivity contribution in [2.45, 2.75) is 0 Å². The predicted molar refractivity (Wildman–Crippen MR) is 175 cm³/mol. The second kappa shape index (κ2) is 8.95. The van der Waals surface area contributed by atoms with E-state index in [1.165, 1.54) is 60.1 Å². The van der Waals surface area contributed by atoms with E-state index in [9.17, 15) is 0 Å².